The van der Waals surface area contributed by atoms with E-state index in [1.54, 1.807) is 0 Å². The lowest BCUT2D eigenvalue weighted by atomic mass is 10.0. The predicted octanol–water partition coefficient (Wildman–Crippen LogP) is 7.08. The van der Waals surface area contributed by atoms with Crippen molar-refractivity contribution in [3.63, 3.8) is 0 Å². The lowest BCUT2D eigenvalue weighted by molar-refractivity contribution is 1.18. The fraction of sp³-hybridized carbons (Fsp3) is 0. The van der Waals surface area contributed by atoms with E-state index in [-0.39, 0.29) is 0 Å². The van der Waals surface area contributed by atoms with Crippen molar-refractivity contribution in [1.29, 1.82) is 5.26 Å². The number of para-hydroxylation sites is 2. The van der Waals surface area contributed by atoms with E-state index in [4.69, 9.17) is 0 Å². The van der Waals surface area contributed by atoms with Crippen LogP contribution in [0.1, 0.15) is 5.56 Å². The van der Waals surface area contributed by atoms with Crippen LogP contribution in [0.5, 0.6) is 0 Å². The Morgan fingerprint density at radius 1 is 0.679 bits per heavy atom. The van der Waals surface area contributed by atoms with E-state index in [9.17, 15) is 5.26 Å². The first-order valence-electron chi connectivity index (χ1n) is 9.04. The lowest BCUT2D eigenvalue weighted by Crippen LogP contribution is -1.95. The van der Waals surface area contributed by atoms with Gasteiger partial charge in [-0.2, -0.15) is 5.26 Å². The van der Waals surface area contributed by atoms with Crippen LogP contribution in [0.4, 0.5) is 0 Å². The highest BCUT2D eigenvalue weighted by Crippen LogP contribution is 2.34. The average Bonchev–Trinajstić information content (AvgIpc) is 3.08. The second-order valence-corrected chi connectivity index (χ2v) is 7.68. The standard InChI is InChI=1S/C25H15BrN2/c26-20-13-19(18-7-5-6-17(12-18)16-27)14-21(15-20)28-24-10-3-1-8-22(24)23-9-2-4-11-25(23)28/h1-15H. The molecule has 0 spiro atoms. The molecule has 0 aliphatic rings. The first kappa shape index (κ1) is 16.8. The summed E-state index contributed by atoms with van der Waals surface area (Å²) in [4.78, 5) is 0. The fourth-order valence-electron chi connectivity index (χ4n) is 3.84. The molecule has 0 aliphatic heterocycles. The summed E-state index contributed by atoms with van der Waals surface area (Å²) in [6.45, 7) is 0. The van der Waals surface area contributed by atoms with Gasteiger partial charge in [0.25, 0.3) is 0 Å². The summed E-state index contributed by atoms with van der Waals surface area (Å²) in [5.41, 5.74) is 6.21. The number of hydrogen-bond acceptors (Lipinski definition) is 1. The number of aromatic nitrogens is 1. The summed E-state index contributed by atoms with van der Waals surface area (Å²) in [5.74, 6) is 0. The third-order valence-corrected chi connectivity index (χ3v) is 5.50. The molecule has 0 amide bonds. The van der Waals surface area contributed by atoms with Gasteiger partial charge in [0.1, 0.15) is 0 Å². The van der Waals surface area contributed by atoms with Crippen LogP contribution in [-0.2, 0) is 0 Å². The number of nitrogens with zero attached hydrogens (tertiary/aromatic N) is 2. The van der Waals surface area contributed by atoms with Gasteiger partial charge in [-0.3, -0.25) is 0 Å². The van der Waals surface area contributed by atoms with Gasteiger partial charge in [-0.15, -0.1) is 0 Å². The van der Waals surface area contributed by atoms with Crippen molar-refractivity contribution < 1.29 is 0 Å². The maximum absolute atomic E-state index is 9.24. The van der Waals surface area contributed by atoms with Crippen molar-refractivity contribution >= 4 is 37.7 Å². The molecule has 1 heterocycles. The van der Waals surface area contributed by atoms with Crippen molar-refractivity contribution in [2.24, 2.45) is 0 Å². The Balaban J connectivity index is 1.81. The Kier molecular flexibility index (Phi) is 4.00. The van der Waals surface area contributed by atoms with Crippen molar-refractivity contribution in [3.8, 4) is 22.9 Å². The molecule has 1 aromatic heterocycles. The van der Waals surface area contributed by atoms with Gasteiger partial charge >= 0.3 is 0 Å². The van der Waals surface area contributed by atoms with Crippen LogP contribution in [0.2, 0.25) is 0 Å². The summed E-state index contributed by atoms with van der Waals surface area (Å²) < 4.78 is 3.30. The monoisotopic (exact) mass is 422 g/mol. The molecule has 0 N–H and O–H groups in total. The van der Waals surface area contributed by atoms with Crippen LogP contribution in [0, 0.1) is 11.3 Å². The van der Waals surface area contributed by atoms with Gasteiger partial charge in [-0.1, -0.05) is 64.5 Å². The van der Waals surface area contributed by atoms with Gasteiger partial charge in [0.2, 0.25) is 0 Å². The maximum atomic E-state index is 9.24. The highest BCUT2D eigenvalue weighted by molar-refractivity contribution is 9.10. The van der Waals surface area contributed by atoms with Gasteiger partial charge in [-0.05, 0) is 53.6 Å². The van der Waals surface area contributed by atoms with Crippen LogP contribution < -0.4 is 0 Å². The minimum absolute atomic E-state index is 0.663. The summed E-state index contributed by atoms with van der Waals surface area (Å²) >= 11 is 3.68. The zero-order valence-corrected chi connectivity index (χ0v) is 16.5. The molecule has 3 heteroatoms. The lowest BCUT2D eigenvalue weighted by Gasteiger charge is -2.11. The molecular formula is C25H15BrN2. The van der Waals surface area contributed by atoms with Crippen molar-refractivity contribution in [3.05, 3.63) is 101 Å². The zero-order valence-electron chi connectivity index (χ0n) is 14.9. The van der Waals surface area contributed by atoms with Crippen LogP contribution in [0.15, 0.2) is 95.5 Å². The van der Waals surface area contributed by atoms with E-state index in [1.807, 2.05) is 24.3 Å². The third kappa shape index (κ3) is 2.70. The highest BCUT2D eigenvalue weighted by Gasteiger charge is 2.13. The van der Waals surface area contributed by atoms with Crippen molar-refractivity contribution in [2.75, 3.05) is 0 Å². The molecule has 0 unspecified atom stereocenters. The predicted molar refractivity (Wildman–Crippen MR) is 119 cm³/mol. The van der Waals surface area contributed by atoms with Gasteiger partial charge in [-0.25, -0.2) is 0 Å². The van der Waals surface area contributed by atoms with Crippen molar-refractivity contribution in [1.82, 2.24) is 4.57 Å². The van der Waals surface area contributed by atoms with Gasteiger partial charge in [0.05, 0.1) is 22.7 Å². The smallest absolute Gasteiger partial charge is 0.0991 e. The molecule has 4 aromatic carbocycles. The topological polar surface area (TPSA) is 28.7 Å². The summed E-state index contributed by atoms with van der Waals surface area (Å²) in [6, 6.07) is 33.3. The van der Waals surface area contributed by atoms with Gasteiger partial charge in [0.15, 0.2) is 0 Å². The van der Waals surface area contributed by atoms with E-state index < -0.39 is 0 Å². The van der Waals surface area contributed by atoms with Crippen LogP contribution in [-0.4, -0.2) is 4.57 Å². The van der Waals surface area contributed by atoms with Gasteiger partial charge in [0, 0.05) is 20.9 Å². The number of rotatable bonds is 2. The summed E-state index contributed by atoms with van der Waals surface area (Å²) in [6.07, 6.45) is 0. The molecule has 0 aliphatic carbocycles. The van der Waals surface area contributed by atoms with Crippen molar-refractivity contribution in [2.45, 2.75) is 0 Å². The number of benzene rings is 4. The first-order valence-corrected chi connectivity index (χ1v) is 9.83. The minimum atomic E-state index is 0.663. The molecule has 0 saturated heterocycles. The normalized spacial score (nSPS) is 11.0. The van der Waals surface area contributed by atoms with Crippen LogP contribution in [0.25, 0.3) is 38.6 Å². The molecule has 0 radical (unpaired) electrons. The maximum Gasteiger partial charge on any atom is 0.0991 e. The molecule has 0 atom stereocenters. The molecule has 0 bridgehead atoms. The van der Waals surface area contributed by atoms with E-state index in [2.05, 4.69) is 93.3 Å². The van der Waals surface area contributed by atoms with Gasteiger partial charge < -0.3 is 4.57 Å². The SMILES string of the molecule is N#Cc1cccc(-c2cc(Br)cc(-n3c4ccccc4c4ccccc43)c2)c1. The zero-order chi connectivity index (χ0) is 19.1. The Morgan fingerprint density at radius 3 is 2.04 bits per heavy atom. The fourth-order valence-corrected chi connectivity index (χ4v) is 4.32. The molecular weight excluding hydrogens is 408 g/mol. The summed E-state index contributed by atoms with van der Waals surface area (Å²) in [5, 5.41) is 11.7. The van der Waals surface area contributed by atoms with Crippen LogP contribution in [0.3, 0.4) is 0 Å². The number of hydrogen-bond donors (Lipinski definition) is 0. The molecule has 5 rings (SSSR count). The molecule has 0 saturated carbocycles. The Labute approximate surface area is 171 Å². The quantitative estimate of drug-likeness (QED) is 0.298. The second-order valence-electron chi connectivity index (χ2n) is 6.76. The molecule has 0 fully saturated rings. The first-order chi connectivity index (χ1) is 13.7. The Morgan fingerprint density at radius 2 is 1.36 bits per heavy atom. The second kappa shape index (κ2) is 6.67. The highest BCUT2D eigenvalue weighted by atomic mass is 79.9. The Bertz CT molecular complexity index is 1340. The van der Waals surface area contributed by atoms with Crippen LogP contribution >= 0.6 is 15.9 Å². The minimum Gasteiger partial charge on any atom is -0.309 e. The molecule has 28 heavy (non-hydrogen) atoms. The van der Waals surface area contributed by atoms with E-state index in [0.29, 0.717) is 5.56 Å². The molecule has 2 nitrogen and oxygen atoms in total. The van der Waals surface area contributed by atoms with E-state index in [1.165, 1.54) is 21.8 Å². The largest absolute Gasteiger partial charge is 0.309 e. The third-order valence-electron chi connectivity index (χ3n) is 5.05. The average molecular weight is 423 g/mol. The molecule has 5 aromatic rings. The van der Waals surface area contributed by atoms with E-state index >= 15 is 0 Å². The Hall–Kier alpha value is -3.35. The number of halogens is 1. The number of nitriles is 1. The summed E-state index contributed by atoms with van der Waals surface area (Å²) in [7, 11) is 0. The molecule has 132 valence electrons. The van der Waals surface area contributed by atoms with E-state index in [0.717, 1.165) is 21.3 Å². The number of fused-ring (bicyclic) bond motifs is 3.